The van der Waals surface area contributed by atoms with Gasteiger partial charge in [0.05, 0.1) is 6.54 Å². The van der Waals surface area contributed by atoms with Gasteiger partial charge >= 0.3 is 0 Å². The van der Waals surface area contributed by atoms with E-state index in [0.717, 1.165) is 32.1 Å². The van der Waals surface area contributed by atoms with Crippen LogP contribution in [0, 0.1) is 0 Å². The molecule has 0 unspecified atom stereocenters. The van der Waals surface area contributed by atoms with Crippen LogP contribution in [0.25, 0.3) is 0 Å². The van der Waals surface area contributed by atoms with Gasteiger partial charge in [0.1, 0.15) is 0 Å². The quantitative estimate of drug-likeness (QED) is 0.600. The normalized spacial score (nSPS) is 24.0. The molecule has 0 amide bonds. The van der Waals surface area contributed by atoms with Crippen LogP contribution in [-0.2, 0) is 0 Å². The van der Waals surface area contributed by atoms with E-state index in [-0.39, 0.29) is 0 Å². The van der Waals surface area contributed by atoms with Gasteiger partial charge in [0.2, 0.25) is 0 Å². The van der Waals surface area contributed by atoms with Crippen molar-refractivity contribution in [3.63, 3.8) is 0 Å². The monoisotopic (exact) mass is 256 g/mol. The van der Waals surface area contributed by atoms with Crippen molar-refractivity contribution in [3.05, 3.63) is 0 Å². The van der Waals surface area contributed by atoms with Gasteiger partial charge in [-0.05, 0) is 25.9 Å². The molecule has 17 heavy (non-hydrogen) atoms. The number of piperidine rings is 1. The Kier molecular flexibility index (Phi) is 5.45. The Morgan fingerprint density at radius 2 is 1.76 bits per heavy atom. The van der Waals surface area contributed by atoms with E-state index in [4.69, 9.17) is 5.73 Å². The summed E-state index contributed by atoms with van der Waals surface area (Å²) in [7, 11) is 0. The Morgan fingerprint density at radius 3 is 2.47 bits per heavy atom. The van der Waals surface area contributed by atoms with Gasteiger partial charge in [0.15, 0.2) is 5.96 Å². The van der Waals surface area contributed by atoms with E-state index in [2.05, 4.69) is 14.8 Å². The zero-order valence-corrected chi connectivity index (χ0v) is 11.4. The minimum Gasteiger partial charge on any atom is -0.370 e. The Bertz CT molecular complexity index is 245. The van der Waals surface area contributed by atoms with Crippen LogP contribution in [0.15, 0.2) is 4.99 Å². The van der Waals surface area contributed by atoms with Crippen molar-refractivity contribution in [1.82, 2.24) is 9.80 Å². The first-order valence-electron chi connectivity index (χ1n) is 6.71. The van der Waals surface area contributed by atoms with Crippen LogP contribution in [0.2, 0.25) is 0 Å². The second-order valence-electron chi connectivity index (χ2n) is 4.74. The molecule has 0 aliphatic carbocycles. The summed E-state index contributed by atoms with van der Waals surface area (Å²) < 4.78 is 0. The minimum atomic E-state index is 0.752. The Hall–Kier alpha value is -0.420. The van der Waals surface area contributed by atoms with Crippen molar-refractivity contribution in [2.75, 3.05) is 50.8 Å². The van der Waals surface area contributed by atoms with Crippen LogP contribution < -0.4 is 5.73 Å². The molecule has 2 aliphatic rings. The average molecular weight is 256 g/mol. The molecule has 0 aromatic heterocycles. The van der Waals surface area contributed by atoms with E-state index < -0.39 is 0 Å². The third kappa shape index (κ3) is 4.39. The number of aliphatic imine (C=N–C) groups is 1. The molecular weight excluding hydrogens is 232 g/mol. The molecule has 5 heteroatoms. The predicted molar refractivity (Wildman–Crippen MR) is 75.7 cm³/mol. The maximum atomic E-state index is 6.01. The predicted octanol–water partition coefficient (Wildman–Crippen LogP) is 0.836. The maximum absolute atomic E-state index is 6.01. The van der Waals surface area contributed by atoms with E-state index in [1.54, 1.807) is 0 Å². The molecule has 4 nitrogen and oxygen atoms in total. The molecule has 2 rings (SSSR count). The first-order chi connectivity index (χ1) is 8.36. The molecule has 0 aromatic rings. The first-order valence-corrected chi connectivity index (χ1v) is 7.87. The molecule has 0 atom stereocenters. The van der Waals surface area contributed by atoms with Gasteiger partial charge in [-0.3, -0.25) is 4.99 Å². The SMILES string of the molecule is NC(=NCCN1CCCCC1)N1CCSCC1. The molecule has 0 saturated carbocycles. The van der Waals surface area contributed by atoms with Crippen molar-refractivity contribution in [2.24, 2.45) is 10.7 Å². The molecule has 2 N–H and O–H groups in total. The largest absolute Gasteiger partial charge is 0.370 e. The van der Waals surface area contributed by atoms with E-state index in [0.29, 0.717) is 0 Å². The second kappa shape index (κ2) is 7.11. The highest BCUT2D eigenvalue weighted by atomic mass is 32.2. The van der Waals surface area contributed by atoms with E-state index in [1.165, 1.54) is 43.9 Å². The van der Waals surface area contributed by atoms with Crippen molar-refractivity contribution in [2.45, 2.75) is 19.3 Å². The van der Waals surface area contributed by atoms with Gasteiger partial charge in [-0.25, -0.2) is 0 Å². The van der Waals surface area contributed by atoms with Crippen molar-refractivity contribution < 1.29 is 0 Å². The molecule has 0 aromatic carbocycles. The molecule has 2 aliphatic heterocycles. The Labute approximate surface area is 109 Å². The number of thioether (sulfide) groups is 1. The lowest BCUT2D eigenvalue weighted by Gasteiger charge is -2.28. The number of hydrogen-bond donors (Lipinski definition) is 1. The van der Waals surface area contributed by atoms with Crippen molar-refractivity contribution in [3.8, 4) is 0 Å². The summed E-state index contributed by atoms with van der Waals surface area (Å²) >= 11 is 2.00. The minimum absolute atomic E-state index is 0.752. The number of nitrogens with two attached hydrogens (primary N) is 1. The average Bonchev–Trinajstić information content (AvgIpc) is 2.41. The van der Waals surface area contributed by atoms with Crippen molar-refractivity contribution >= 4 is 17.7 Å². The van der Waals surface area contributed by atoms with Gasteiger partial charge in [0, 0.05) is 31.1 Å². The number of nitrogens with zero attached hydrogens (tertiary/aromatic N) is 3. The summed E-state index contributed by atoms with van der Waals surface area (Å²) in [4.78, 5) is 9.23. The van der Waals surface area contributed by atoms with Gasteiger partial charge in [-0.15, -0.1) is 0 Å². The molecule has 0 bridgehead atoms. The third-order valence-electron chi connectivity index (χ3n) is 3.47. The summed E-state index contributed by atoms with van der Waals surface area (Å²) in [5.41, 5.74) is 6.01. The zero-order chi connectivity index (χ0) is 11.9. The third-order valence-corrected chi connectivity index (χ3v) is 4.42. The molecule has 0 spiro atoms. The fourth-order valence-electron chi connectivity index (χ4n) is 2.38. The van der Waals surface area contributed by atoms with Gasteiger partial charge in [0.25, 0.3) is 0 Å². The molecule has 2 heterocycles. The van der Waals surface area contributed by atoms with E-state index in [9.17, 15) is 0 Å². The topological polar surface area (TPSA) is 44.9 Å². The smallest absolute Gasteiger partial charge is 0.191 e. The standard InChI is InChI=1S/C12H24N4S/c13-12(16-8-10-17-11-9-16)14-4-7-15-5-2-1-3-6-15/h1-11H2,(H2,13,14). The van der Waals surface area contributed by atoms with E-state index in [1.807, 2.05) is 11.8 Å². The van der Waals surface area contributed by atoms with Crippen LogP contribution in [0.5, 0.6) is 0 Å². The number of likely N-dealkylation sites (tertiary alicyclic amines) is 1. The summed E-state index contributed by atoms with van der Waals surface area (Å²) in [6, 6.07) is 0. The van der Waals surface area contributed by atoms with Crippen LogP contribution in [-0.4, -0.2) is 66.5 Å². The van der Waals surface area contributed by atoms with E-state index >= 15 is 0 Å². The van der Waals surface area contributed by atoms with Crippen LogP contribution >= 0.6 is 11.8 Å². The molecule has 2 saturated heterocycles. The zero-order valence-electron chi connectivity index (χ0n) is 10.6. The summed E-state index contributed by atoms with van der Waals surface area (Å²) in [5.74, 6) is 3.12. The highest BCUT2D eigenvalue weighted by Gasteiger charge is 2.12. The maximum Gasteiger partial charge on any atom is 0.191 e. The number of hydrogen-bond acceptors (Lipinski definition) is 3. The Balaban J connectivity index is 1.67. The summed E-state index contributed by atoms with van der Waals surface area (Å²) in [6.45, 7) is 6.54. The lowest BCUT2D eigenvalue weighted by atomic mass is 10.1. The van der Waals surface area contributed by atoms with Crippen LogP contribution in [0.4, 0.5) is 0 Å². The second-order valence-corrected chi connectivity index (χ2v) is 5.97. The fraction of sp³-hybridized carbons (Fsp3) is 0.917. The van der Waals surface area contributed by atoms with Gasteiger partial charge in [-0.2, -0.15) is 11.8 Å². The number of guanidine groups is 1. The molecular formula is C12H24N4S. The Morgan fingerprint density at radius 1 is 1.06 bits per heavy atom. The lowest BCUT2D eigenvalue weighted by molar-refractivity contribution is 0.235. The summed E-state index contributed by atoms with van der Waals surface area (Å²) in [5, 5.41) is 0. The molecule has 0 radical (unpaired) electrons. The lowest BCUT2D eigenvalue weighted by Crippen LogP contribution is -2.43. The fourth-order valence-corrected chi connectivity index (χ4v) is 3.28. The molecule has 2 fully saturated rings. The highest BCUT2D eigenvalue weighted by Crippen LogP contribution is 2.09. The molecule has 98 valence electrons. The first kappa shape index (κ1) is 13.0. The van der Waals surface area contributed by atoms with Gasteiger partial charge in [-0.1, -0.05) is 6.42 Å². The summed E-state index contributed by atoms with van der Waals surface area (Å²) in [6.07, 6.45) is 4.10. The van der Waals surface area contributed by atoms with Crippen LogP contribution in [0.3, 0.4) is 0 Å². The van der Waals surface area contributed by atoms with Gasteiger partial charge < -0.3 is 15.5 Å². The highest BCUT2D eigenvalue weighted by molar-refractivity contribution is 7.99. The number of rotatable bonds is 3. The van der Waals surface area contributed by atoms with Crippen LogP contribution in [0.1, 0.15) is 19.3 Å². The van der Waals surface area contributed by atoms with Crippen molar-refractivity contribution in [1.29, 1.82) is 0 Å².